The maximum atomic E-state index is 3.42. The summed E-state index contributed by atoms with van der Waals surface area (Å²) in [4.78, 5) is 0. The van der Waals surface area contributed by atoms with Crippen LogP contribution in [0.3, 0.4) is 0 Å². The molecule has 0 amide bonds. The van der Waals surface area contributed by atoms with Crippen molar-refractivity contribution in [3.05, 3.63) is 34.9 Å². The van der Waals surface area contributed by atoms with Gasteiger partial charge < -0.3 is 10.6 Å². The molecule has 16 heavy (non-hydrogen) atoms. The van der Waals surface area contributed by atoms with Gasteiger partial charge in [0.2, 0.25) is 0 Å². The summed E-state index contributed by atoms with van der Waals surface area (Å²) in [7, 11) is 4.05. The number of hydrogen-bond donors (Lipinski definition) is 2. The summed E-state index contributed by atoms with van der Waals surface area (Å²) in [6, 6.07) is 7.18. The van der Waals surface area contributed by atoms with E-state index in [2.05, 4.69) is 42.7 Å². The Morgan fingerprint density at radius 1 is 1.19 bits per heavy atom. The fraction of sp³-hybridized carbons (Fsp3) is 0.571. The van der Waals surface area contributed by atoms with E-state index in [9.17, 15) is 0 Å². The molecule has 0 spiro atoms. The Bertz CT molecular complexity index is 321. The van der Waals surface area contributed by atoms with Crippen molar-refractivity contribution in [1.82, 2.24) is 10.6 Å². The first-order valence-corrected chi connectivity index (χ1v) is 6.08. The zero-order chi connectivity index (χ0) is 12.0. The summed E-state index contributed by atoms with van der Waals surface area (Å²) in [6.07, 6.45) is 2.39. The third-order valence-electron chi connectivity index (χ3n) is 3.08. The van der Waals surface area contributed by atoms with Gasteiger partial charge in [-0.25, -0.2) is 0 Å². The summed E-state index contributed by atoms with van der Waals surface area (Å²) < 4.78 is 0. The maximum absolute atomic E-state index is 3.42. The Kier molecular flexibility index (Phi) is 5.50. The predicted octanol–water partition coefficient (Wildman–Crippen LogP) is 2.56. The molecule has 0 aliphatic rings. The molecular weight excluding hydrogens is 196 g/mol. The molecule has 0 heterocycles. The molecule has 0 aliphatic carbocycles. The monoisotopic (exact) mass is 220 g/mol. The Hall–Kier alpha value is -0.860. The summed E-state index contributed by atoms with van der Waals surface area (Å²) in [6.45, 7) is 5.43. The third kappa shape index (κ3) is 3.62. The molecule has 2 heteroatoms. The summed E-state index contributed by atoms with van der Waals surface area (Å²) in [5.74, 6) is 0. The first kappa shape index (κ1) is 13.2. The highest BCUT2D eigenvalue weighted by Crippen LogP contribution is 2.22. The zero-order valence-electron chi connectivity index (χ0n) is 10.9. The van der Waals surface area contributed by atoms with E-state index in [4.69, 9.17) is 0 Å². The van der Waals surface area contributed by atoms with Gasteiger partial charge in [-0.2, -0.15) is 0 Å². The quantitative estimate of drug-likeness (QED) is 0.720. The van der Waals surface area contributed by atoms with Crippen LogP contribution in [0.4, 0.5) is 0 Å². The van der Waals surface area contributed by atoms with Gasteiger partial charge in [0, 0.05) is 6.04 Å². The fourth-order valence-corrected chi connectivity index (χ4v) is 2.07. The Morgan fingerprint density at radius 3 is 2.56 bits per heavy atom. The van der Waals surface area contributed by atoms with E-state index in [0.29, 0.717) is 6.04 Å². The molecule has 1 rings (SSSR count). The van der Waals surface area contributed by atoms with Crippen LogP contribution in [0, 0.1) is 13.8 Å². The molecule has 1 aromatic rings. The SMILES string of the molecule is CNCCCC(NC)c1cc(C)ccc1C. The standard InChI is InChI=1S/C14H24N2/c1-11-7-8-12(2)13(10-11)14(16-4)6-5-9-15-3/h7-8,10,14-16H,5-6,9H2,1-4H3. The van der Waals surface area contributed by atoms with E-state index < -0.39 is 0 Å². The van der Waals surface area contributed by atoms with E-state index in [0.717, 1.165) is 6.54 Å². The molecule has 0 saturated carbocycles. The van der Waals surface area contributed by atoms with Gasteiger partial charge in [0.25, 0.3) is 0 Å². The van der Waals surface area contributed by atoms with Crippen molar-refractivity contribution >= 4 is 0 Å². The molecule has 90 valence electrons. The van der Waals surface area contributed by atoms with Crippen molar-refractivity contribution in [1.29, 1.82) is 0 Å². The van der Waals surface area contributed by atoms with Crippen LogP contribution in [0.2, 0.25) is 0 Å². The maximum Gasteiger partial charge on any atom is 0.0320 e. The van der Waals surface area contributed by atoms with Crippen LogP contribution in [-0.4, -0.2) is 20.6 Å². The number of hydrogen-bond acceptors (Lipinski definition) is 2. The molecule has 0 bridgehead atoms. The fourth-order valence-electron chi connectivity index (χ4n) is 2.07. The highest BCUT2D eigenvalue weighted by atomic mass is 14.9. The van der Waals surface area contributed by atoms with Crippen molar-refractivity contribution in [3.63, 3.8) is 0 Å². The smallest absolute Gasteiger partial charge is 0.0320 e. The van der Waals surface area contributed by atoms with Crippen molar-refractivity contribution in [2.24, 2.45) is 0 Å². The Labute approximate surface area is 99.5 Å². The second-order valence-electron chi connectivity index (χ2n) is 4.45. The summed E-state index contributed by atoms with van der Waals surface area (Å²) in [5, 5.41) is 6.61. The molecule has 0 aliphatic heterocycles. The Morgan fingerprint density at radius 2 is 1.94 bits per heavy atom. The van der Waals surface area contributed by atoms with Gasteiger partial charge in [-0.1, -0.05) is 23.8 Å². The normalized spacial score (nSPS) is 12.8. The van der Waals surface area contributed by atoms with Crippen molar-refractivity contribution in [2.45, 2.75) is 32.7 Å². The van der Waals surface area contributed by atoms with E-state index in [1.165, 1.54) is 29.5 Å². The zero-order valence-corrected chi connectivity index (χ0v) is 10.9. The van der Waals surface area contributed by atoms with Gasteiger partial charge in [0.15, 0.2) is 0 Å². The number of nitrogens with one attached hydrogen (secondary N) is 2. The van der Waals surface area contributed by atoms with Crippen molar-refractivity contribution in [3.8, 4) is 0 Å². The van der Waals surface area contributed by atoms with E-state index >= 15 is 0 Å². The predicted molar refractivity (Wildman–Crippen MR) is 70.9 cm³/mol. The molecule has 1 atom stereocenters. The molecule has 0 radical (unpaired) electrons. The van der Waals surface area contributed by atoms with Crippen LogP contribution < -0.4 is 10.6 Å². The van der Waals surface area contributed by atoms with Crippen LogP contribution in [0.15, 0.2) is 18.2 Å². The van der Waals surface area contributed by atoms with Gasteiger partial charge in [-0.3, -0.25) is 0 Å². The minimum absolute atomic E-state index is 0.480. The van der Waals surface area contributed by atoms with Crippen LogP contribution in [0.5, 0.6) is 0 Å². The van der Waals surface area contributed by atoms with Crippen molar-refractivity contribution in [2.75, 3.05) is 20.6 Å². The van der Waals surface area contributed by atoms with Crippen LogP contribution in [0.25, 0.3) is 0 Å². The van der Waals surface area contributed by atoms with Gasteiger partial charge in [-0.15, -0.1) is 0 Å². The van der Waals surface area contributed by atoms with Gasteiger partial charge in [0.1, 0.15) is 0 Å². The second kappa shape index (κ2) is 6.66. The average molecular weight is 220 g/mol. The lowest BCUT2D eigenvalue weighted by Gasteiger charge is -2.19. The minimum atomic E-state index is 0.480. The Balaban J connectivity index is 2.73. The van der Waals surface area contributed by atoms with E-state index in [1.807, 2.05) is 14.1 Å². The average Bonchev–Trinajstić information content (AvgIpc) is 2.28. The van der Waals surface area contributed by atoms with Gasteiger partial charge in [0.05, 0.1) is 0 Å². The molecule has 0 fully saturated rings. The highest BCUT2D eigenvalue weighted by Gasteiger charge is 2.11. The molecule has 0 aromatic heterocycles. The summed E-state index contributed by atoms with van der Waals surface area (Å²) >= 11 is 0. The number of rotatable bonds is 6. The lowest BCUT2D eigenvalue weighted by Crippen LogP contribution is -2.19. The molecule has 2 N–H and O–H groups in total. The van der Waals surface area contributed by atoms with Crippen LogP contribution in [-0.2, 0) is 0 Å². The first-order valence-electron chi connectivity index (χ1n) is 6.08. The van der Waals surface area contributed by atoms with E-state index in [1.54, 1.807) is 0 Å². The molecular formula is C14H24N2. The molecule has 1 unspecified atom stereocenters. The van der Waals surface area contributed by atoms with Gasteiger partial charge in [-0.05, 0) is 58.5 Å². The first-order chi connectivity index (χ1) is 7.69. The lowest BCUT2D eigenvalue weighted by molar-refractivity contribution is 0.516. The van der Waals surface area contributed by atoms with E-state index in [-0.39, 0.29) is 0 Å². The van der Waals surface area contributed by atoms with Crippen molar-refractivity contribution < 1.29 is 0 Å². The largest absolute Gasteiger partial charge is 0.320 e. The number of benzene rings is 1. The highest BCUT2D eigenvalue weighted by molar-refractivity contribution is 5.32. The number of aryl methyl sites for hydroxylation is 2. The molecule has 0 saturated heterocycles. The summed E-state index contributed by atoms with van der Waals surface area (Å²) in [5.41, 5.74) is 4.17. The lowest BCUT2D eigenvalue weighted by atomic mass is 9.96. The molecule has 1 aromatic carbocycles. The third-order valence-corrected chi connectivity index (χ3v) is 3.08. The second-order valence-corrected chi connectivity index (χ2v) is 4.45. The topological polar surface area (TPSA) is 24.1 Å². The van der Waals surface area contributed by atoms with Crippen LogP contribution >= 0.6 is 0 Å². The van der Waals surface area contributed by atoms with Crippen LogP contribution in [0.1, 0.15) is 35.6 Å². The molecule has 2 nitrogen and oxygen atoms in total. The minimum Gasteiger partial charge on any atom is -0.320 e. The van der Waals surface area contributed by atoms with Gasteiger partial charge >= 0.3 is 0 Å².